The monoisotopic (exact) mass is 410 g/mol. The Balaban J connectivity index is 1.88. The van der Waals surface area contributed by atoms with Gasteiger partial charge >= 0.3 is 0 Å². The third-order valence-electron chi connectivity index (χ3n) is 3.90. The van der Waals surface area contributed by atoms with Gasteiger partial charge in [0, 0.05) is 19.0 Å². The summed E-state index contributed by atoms with van der Waals surface area (Å²) in [6.07, 6.45) is 0. The highest BCUT2D eigenvalue weighted by Crippen LogP contribution is 2.26. The number of ether oxygens (including phenoxy) is 1. The maximum Gasteiger partial charge on any atom is 0.258 e. The van der Waals surface area contributed by atoms with E-state index < -0.39 is 10.0 Å². The molecule has 2 aromatic rings. The van der Waals surface area contributed by atoms with Gasteiger partial charge in [0.1, 0.15) is 9.96 Å². The minimum atomic E-state index is -3.44. The molecule has 2 rings (SSSR count). The maximum absolute atomic E-state index is 12.1. The lowest BCUT2D eigenvalue weighted by atomic mass is 9.87. The number of carbonyl (C=O) groups is 1. The minimum absolute atomic E-state index is 0.00536. The molecule has 1 heterocycles. The molecule has 148 valence electrons. The molecule has 1 aromatic carbocycles. The van der Waals surface area contributed by atoms with Crippen molar-refractivity contribution in [1.82, 2.24) is 9.62 Å². The second-order valence-corrected chi connectivity index (χ2v) is 10.9. The van der Waals surface area contributed by atoms with Crippen molar-refractivity contribution in [1.29, 1.82) is 0 Å². The molecule has 0 aliphatic heterocycles. The molecule has 0 atom stereocenters. The lowest BCUT2D eigenvalue weighted by Gasteiger charge is -2.19. The van der Waals surface area contributed by atoms with E-state index in [0.29, 0.717) is 5.75 Å². The number of hydrogen-bond donors (Lipinski definition) is 1. The van der Waals surface area contributed by atoms with Gasteiger partial charge in [-0.05, 0) is 35.2 Å². The van der Waals surface area contributed by atoms with E-state index in [0.717, 1.165) is 21.8 Å². The summed E-state index contributed by atoms with van der Waals surface area (Å²) in [6.45, 7) is 6.51. The molecular weight excluding hydrogens is 384 g/mol. The Kier molecular flexibility index (Phi) is 6.67. The van der Waals surface area contributed by atoms with Gasteiger partial charge in [-0.1, -0.05) is 32.9 Å². The molecule has 0 spiro atoms. The number of rotatable bonds is 7. The summed E-state index contributed by atoms with van der Waals surface area (Å²) < 4.78 is 31.1. The van der Waals surface area contributed by atoms with Gasteiger partial charge in [-0.15, -0.1) is 11.3 Å². The van der Waals surface area contributed by atoms with E-state index in [1.54, 1.807) is 12.1 Å². The molecule has 27 heavy (non-hydrogen) atoms. The fourth-order valence-corrected chi connectivity index (χ4v) is 4.67. The molecular formula is C19H26N2O4S2. The lowest BCUT2D eigenvalue weighted by molar-refractivity contribution is -0.123. The van der Waals surface area contributed by atoms with E-state index in [9.17, 15) is 13.2 Å². The molecule has 0 saturated carbocycles. The number of amides is 1. The summed E-state index contributed by atoms with van der Waals surface area (Å²) in [4.78, 5) is 12.8. The highest BCUT2D eigenvalue weighted by Gasteiger charge is 2.19. The van der Waals surface area contributed by atoms with Crippen molar-refractivity contribution in [2.45, 2.75) is 36.9 Å². The zero-order valence-corrected chi connectivity index (χ0v) is 17.9. The number of thiophene rings is 1. The first-order valence-electron chi connectivity index (χ1n) is 8.51. The number of nitrogens with one attached hydrogen (secondary N) is 1. The molecule has 6 nitrogen and oxygen atoms in total. The van der Waals surface area contributed by atoms with E-state index in [2.05, 4.69) is 26.1 Å². The molecule has 1 N–H and O–H groups in total. The van der Waals surface area contributed by atoms with Crippen LogP contribution in [-0.2, 0) is 26.8 Å². The van der Waals surface area contributed by atoms with Crippen LogP contribution in [0.15, 0.2) is 40.6 Å². The van der Waals surface area contributed by atoms with Gasteiger partial charge in [0.15, 0.2) is 6.61 Å². The van der Waals surface area contributed by atoms with Crippen LogP contribution >= 0.6 is 11.3 Å². The minimum Gasteiger partial charge on any atom is -0.484 e. The molecule has 0 unspecified atom stereocenters. The number of hydrogen-bond acceptors (Lipinski definition) is 5. The Hall–Kier alpha value is -1.90. The average Bonchev–Trinajstić information content (AvgIpc) is 3.07. The maximum atomic E-state index is 12.1. The van der Waals surface area contributed by atoms with Gasteiger partial charge in [0.2, 0.25) is 0 Å². The normalized spacial score (nSPS) is 12.2. The topological polar surface area (TPSA) is 75.7 Å². The Morgan fingerprint density at radius 3 is 2.52 bits per heavy atom. The Bertz CT molecular complexity index is 896. The van der Waals surface area contributed by atoms with Crippen LogP contribution in [0, 0.1) is 0 Å². The number of carbonyl (C=O) groups excluding carboxylic acids is 1. The summed E-state index contributed by atoms with van der Waals surface area (Å²) in [5.74, 6) is 0.384. The standard InChI is InChI=1S/C19H26N2O4S2/c1-19(2,3)14-7-6-8-15(11-14)25-13-17(22)20-12-16-9-10-18(26-16)27(23,24)21(4)5/h6-11H,12-13H2,1-5H3,(H,20,22). The first-order chi connectivity index (χ1) is 12.5. The van der Waals surface area contributed by atoms with Crippen LogP contribution < -0.4 is 10.1 Å². The third kappa shape index (κ3) is 5.79. The first kappa shape index (κ1) is 21.4. The quantitative estimate of drug-likeness (QED) is 0.761. The number of benzene rings is 1. The number of sulfonamides is 1. The second kappa shape index (κ2) is 8.41. The predicted molar refractivity (Wildman–Crippen MR) is 108 cm³/mol. The Morgan fingerprint density at radius 2 is 1.89 bits per heavy atom. The van der Waals surface area contributed by atoms with Crippen molar-refractivity contribution in [3.63, 3.8) is 0 Å². The molecule has 0 fully saturated rings. The predicted octanol–water partition coefficient (Wildman–Crippen LogP) is 2.99. The fraction of sp³-hybridized carbons (Fsp3) is 0.421. The molecule has 0 aliphatic rings. The van der Waals surface area contributed by atoms with Crippen LogP contribution in [-0.4, -0.2) is 39.3 Å². The van der Waals surface area contributed by atoms with Gasteiger partial charge in [-0.3, -0.25) is 4.79 Å². The molecule has 0 aliphatic carbocycles. The fourth-order valence-electron chi connectivity index (χ4n) is 2.21. The lowest BCUT2D eigenvalue weighted by Crippen LogP contribution is -2.28. The zero-order valence-electron chi connectivity index (χ0n) is 16.3. The first-order valence-corrected chi connectivity index (χ1v) is 10.8. The van der Waals surface area contributed by atoms with Gasteiger partial charge in [0.05, 0.1) is 6.54 Å². The summed E-state index contributed by atoms with van der Waals surface area (Å²) in [5, 5.41) is 2.75. The molecule has 8 heteroatoms. The van der Waals surface area contributed by atoms with E-state index in [1.165, 1.54) is 18.4 Å². The van der Waals surface area contributed by atoms with E-state index in [1.807, 2.05) is 24.3 Å². The van der Waals surface area contributed by atoms with Gasteiger partial charge in [-0.25, -0.2) is 12.7 Å². The zero-order chi connectivity index (χ0) is 20.2. The Morgan fingerprint density at radius 1 is 1.19 bits per heavy atom. The number of nitrogens with zero attached hydrogens (tertiary/aromatic N) is 1. The largest absolute Gasteiger partial charge is 0.484 e. The van der Waals surface area contributed by atoms with E-state index in [4.69, 9.17) is 4.74 Å². The average molecular weight is 411 g/mol. The van der Waals surface area contributed by atoms with Crippen molar-refractivity contribution in [3.05, 3.63) is 46.8 Å². The second-order valence-electron chi connectivity index (χ2n) is 7.35. The molecule has 1 amide bonds. The highest BCUT2D eigenvalue weighted by molar-refractivity contribution is 7.91. The molecule has 0 saturated heterocycles. The van der Waals surface area contributed by atoms with Crippen LogP contribution in [0.4, 0.5) is 0 Å². The SMILES string of the molecule is CN(C)S(=O)(=O)c1ccc(CNC(=O)COc2cccc(C(C)(C)C)c2)s1. The van der Waals surface area contributed by atoms with Crippen molar-refractivity contribution in [2.75, 3.05) is 20.7 Å². The molecule has 0 bridgehead atoms. The van der Waals surface area contributed by atoms with E-state index >= 15 is 0 Å². The van der Waals surface area contributed by atoms with Crippen molar-refractivity contribution in [3.8, 4) is 5.75 Å². The molecule has 0 radical (unpaired) electrons. The van der Waals surface area contributed by atoms with E-state index in [-0.39, 0.29) is 28.7 Å². The highest BCUT2D eigenvalue weighted by atomic mass is 32.2. The smallest absolute Gasteiger partial charge is 0.258 e. The summed E-state index contributed by atoms with van der Waals surface area (Å²) in [6, 6.07) is 10.9. The van der Waals surface area contributed by atoms with Crippen LogP contribution in [0.2, 0.25) is 0 Å². The van der Waals surface area contributed by atoms with Gasteiger partial charge in [0.25, 0.3) is 15.9 Å². The van der Waals surface area contributed by atoms with Crippen molar-refractivity contribution >= 4 is 27.3 Å². The van der Waals surface area contributed by atoms with Crippen LogP contribution in [0.5, 0.6) is 5.75 Å². The third-order valence-corrected chi connectivity index (χ3v) is 7.27. The van der Waals surface area contributed by atoms with Crippen LogP contribution in [0.1, 0.15) is 31.2 Å². The van der Waals surface area contributed by atoms with Gasteiger partial charge < -0.3 is 10.1 Å². The molecule has 1 aromatic heterocycles. The van der Waals surface area contributed by atoms with Crippen molar-refractivity contribution < 1.29 is 17.9 Å². The van der Waals surface area contributed by atoms with Gasteiger partial charge in [-0.2, -0.15) is 0 Å². The Labute approximate surface area is 165 Å². The summed E-state index contributed by atoms with van der Waals surface area (Å²) in [5.41, 5.74) is 1.14. The van der Waals surface area contributed by atoms with Crippen LogP contribution in [0.3, 0.4) is 0 Å². The summed E-state index contributed by atoms with van der Waals surface area (Å²) >= 11 is 1.14. The van der Waals surface area contributed by atoms with Crippen molar-refractivity contribution in [2.24, 2.45) is 0 Å². The van der Waals surface area contributed by atoms with Crippen LogP contribution in [0.25, 0.3) is 0 Å². The summed E-state index contributed by atoms with van der Waals surface area (Å²) in [7, 11) is -0.465.